The number of ether oxygens (including phenoxy) is 2. The molecule has 1 aliphatic rings. The molecule has 2 aromatic carbocycles. The number of anilines is 1. The first-order chi connectivity index (χ1) is 14.5. The molecular weight excluding hydrogens is 427 g/mol. The fraction of sp³-hybridized carbons (Fsp3) is 0.273. The van der Waals surface area contributed by atoms with Crippen LogP contribution in [0.2, 0.25) is 10.0 Å². The van der Waals surface area contributed by atoms with Gasteiger partial charge in [-0.1, -0.05) is 47.5 Å². The number of methoxy groups -OCH3 is 2. The summed E-state index contributed by atoms with van der Waals surface area (Å²) in [6.07, 6.45) is 0. The molecule has 0 atom stereocenters. The maximum absolute atomic E-state index is 13.5. The van der Waals surface area contributed by atoms with Gasteiger partial charge in [0.1, 0.15) is 5.70 Å². The molecule has 0 saturated heterocycles. The van der Waals surface area contributed by atoms with Crippen LogP contribution >= 0.6 is 23.2 Å². The van der Waals surface area contributed by atoms with E-state index in [1.807, 2.05) is 6.07 Å². The largest absolute Gasteiger partial charge is 0.383 e. The topological polar surface area (TPSA) is 59.1 Å². The summed E-state index contributed by atoms with van der Waals surface area (Å²) in [6.45, 7) is 1.57. The molecule has 0 N–H and O–H groups in total. The van der Waals surface area contributed by atoms with Gasteiger partial charge in [0.2, 0.25) is 0 Å². The van der Waals surface area contributed by atoms with Gasteiger partial charge >= 0.3 is 0 Å². The van der Waals surface area contributed by atoms with E-state index in [-0.39, 0.29) is 11.3 Å². The molecule has 0 fully saturated rings. The minimum atomic E-state index is -0.440. The van der Waals surface area contributed by atoms with Crippen LogP contribution in [-0.4, -0.2) is 57.2 Å². The fourth-order valence-electron chi connectivity index (χ4n) is 3.30. The Morgan fingerprint density at radius 3 is 2.10 bits per heavy atom. The average molecular weight is 449 g/mol. The third-order valence-corrected chi connectivity index (χ3v) is 5.27. The molecule has 0 aromatic heterocycles. The monoisotopic (exact) mass is 448 g/mol. The molecule has 1 heterocycles. The number of amides is 2. The smallest absolute Gasteiger partial charge is 0.282 e. The predicted octanol–water partition coefficient (Wildman–Crippen LogP) is 3.87. The number of para-hydroxylation sites is 1. The Labute approximate surface area is 185 Å². The van der Waals surface area contributed by atoms with Crippen molar-refractivity contribution in [3.8, 4) is 0 Å². The van der Waals surface area contributed by atoms with Crippen LogP contribution in [0.3, 0.4) is 0 Å². The van der Waals surface area contributed by atoms with Crippen molar-refractivity contribution in [2.45, 2.75) is 0 Å². The molecule has 158 valence electrons. The third-order valence-electron chi connectivity index (χ3n) is 4.72. The molecule has 8 heteroatoms. The number of carbonyl (C=O) groups excluding carboxylic acids is 2. The second-order valence-electron chi connectivity index (χ2n) is 6.60. The molecule has 30 heavy (non-hydrogen) atoms. The van der Waals surface area contributed by atoms with Gasteiger partial charge in [-0.3, -0.25) is 9.59 Å². The van der Waals surface area contributed by atoms with Gasteiger partial charge in [0.25, 0.3) is 11.8 Å². The first kappa shape index (κ1) is 22.3. The van der Waals surface area contributed by atoms with Gasteiger partial charge in [-0.2, -0.15) is 0 Å². The minimum Gasteiger partial charge on any atom is -0.383 e. The van der Waals surface area contributed by atoms with Crippen LogP contribution in [0, 0.1) is 0 Å². The summed E-state index contributed by atoms with van der Waals surface area (Å²) in [7, 11) is 3.16. The molecular formula is C22H22Cl2N2O4. The van der Waals surface area contributed by atoms with E-state index in [4.69, 9.17) is 32.7 Å². The highest BCUT2D eigenvalue weighted by Gasteiger charge is 2.42. The summed E-state index contributed by atoms with van der Waals surface area (Å²) < 4.78 is 10.4. The van der Waals surface area contributed by atoms with Crippen LogP contribution in [0.25, 0.3) is 5.57 Å². The third kappa shape index (κ3) is 4.52. The maximum atomic E-state index is 13.5. The lowest BCUT2D eigenvalue weighted by Crippen LogP contribution is -2.37. The van der Waals surface area contributed by atoms with Crippen LogP contribution in [0.4, 0.5) is 5.69 Å². The van der Waals surface area contributed by atoms with Crippen molar-refractivity contribution in [3.63, 3.8) is 0 Å². The predicted molar refractivity (Wildman–Crippen MR) is 118 cm³/mol. The number of benzene rings is 2. The molecule has 0 saturated carbocycles. The standard InChI is InChI=1S/C22H22Cl2N2O4/c1-29-12-10-25(11-13-30-2)20-19(17-9-8-15(23)14-18(17)24)21(27)26(22(20)28)16-6-4-3-5-7-16/h3-9,14H,10-13H2,1-2H3. The normalized spacial score (nSPS) is 14.1. The highest BCUT2D eigenvalue weighted by Crippen LogP contribution is 2.38. The molecule has 2 amide bonds. The van der Waals surface area contributed by atoms with E-state index in [1.54, 1.807) is 61.6 Å². The Bertz CT molecular complexity index is 955. The van der Waals surface area contributed by atoms with E-state index < -0.39 is 11.8 Å². The molecule has 3 rings (SSSR count). The Hall–Kier alpha value is -2.38. The maximum Gasteiger partial charge on any atom is 0.282 e. The highest BCUT2D eigenvalue weighted by atomic mass is 35.5. The van der Waals surface area contributed by atoms with Gasteiger partial charge in [-0.25, -0.2) is 4.90 Å². The molecule has 0 radical (unpaired) electrons. The number of nitrogens with zero attached hydrogens (tertiary/aromatic N) is 2. The first-order valence-electron chi connectivity index (χ1n) is 9.36. The zero-order valence-electron chi connectivity index (χ0n) is 16.7. The van der Waals surface area contributed by atoms with Gasteiger partial charge in [0, 0.05) is 37.9 Å². The lowest BCUT2D eigenvalue weighted by Gasteiger charge is -2.25. The van der Waals surface area contributed by atoms with Crippen LogP contribution in [0.15, 0.2) is 54.2 Å². The van der Waals surface area contributed by atoms with E-state index in [9.17, 15) is 9.59 Å². The zero-order valence-corrected chi connectivity index (χ0v) is 18.2. The van der Waals surface area contributed by atoms with E-state index in [0.29, 0.717) is 47.6 Å². The molecule has 2 aromatic rings. The van der Waals surface area contributed by atoms with Gasteiger partial charge in [0.15, 0.2) is 0 Å². The Kier molecular flexibility index (Phi) is 7.50. The van der Waals surface area contributed by atoms with E-state index in [2.05, 4.69) is 0 Å². The van der Waals surface area contributed by atoms with Crippen LogP contribution in [0.1, 0.15) is 5.56 Å². The molecule has 6 nitrogen and oxygen atoms in total. The van der Waals surface area contributed by atoms with Crippen molar-refractivity contribution in [1.82, 2.24) is 4.90 Å². The Morgan fingerprint density at radius 1 is 0.900 bits per heavy atom. The van der Waals surface area contributed by atoms with Gasteiger partial charge in [-0.15, -0.1) is 0 Å². The lowest BCUT2D eigenvalue weighted by atomic mass is 10.0. The van der Waals surface area contributed by atoms with Gasteiger partial charge in [0.05, 0.1) is 29.5 Å². The average Bonchev–Trinajstić information content (AvgIpc) is 2.99. The van der Waals surface area contributed by atoms with Gasteiger partial charge in [-0.05, 0) is 24.3 Å². The summed E-state index contributed by atoms with van der Waals surface area (Å²) in [6, 6.07) is 13.7. The van der Waals surface area contributed by atoms with E-state index >= 15 is 0 Å². The summed E-state index contributed by atoms with van der Waals surface area (Å²) >= 11 is 12.5. The van der Waals surface area contributed by atoms with Crippen molar-refractivity contribution in [2.75, 3.05) is 45.4 Å². The lowest BCUT2D eigenvalue weighted by molar-refractivity contribution is -0.120. The second-order valence-corrected chi connectivity index (χ2v) is 7.45. The molecule has 1 aliphatic heterocycles. The van der Waals surface area contributed by atoms with E-state index in [0.717, 1.165) is 0 Å². The number of halogens is 2. The van der Waals surface area contributed by atoms with Crippen molar-refractivity contribution in [2.24, 2.45) is 0 Å². The number of hydrogen-bond donors (Lipinski definition) is 0. The second kappa shape index (κ2) is 10.1. The summed E-state index contributed by atoms with van der Waals surface area (Å²) in [5.41, 5.74) is 1.44. The van der Waals surface area contributed by atoms with Crippen LogP contribution < -0.4 is 4.90 Å². The van der Waals surface area contributed by atoms with Gasteiger partial charge < -0.3 is 14.4 Å². The highest BCUT2D eigenvalue weighted by molar-refractivity contribution is 6.47. The minimum absolute atomic E-state index is 0.234. The summed E-state index contributed by atoms with van der Waals surface area (Å²) in [5.74, 6) is -0.857. The number of carbonyl (C=O) groups is 2. The number of imide groups is 1. The van der Waals surface area contributed by atoms with E-state index in [1.165, 1.54) is 4.90 Å². The van der Waals surface area contributed by atoms with Crippen molar-refractivity contribution < 1.29 is 19.1 Å². The molecule has 0 bridgehead atoms. The zero-order chi connectivity index (χ0) is 21.7. The Balaban J connectivity index is 2.16. The van der Waals surface area contributed by atoms with Crippen molar-refractivity contribution in [3.05, 3.63) is 69.8 Å². The molecule has 0 unspecified atom stereocenters. The van der Waals surface area contributed by atoms with Crippen molar-refractivity contribution >= 4 is 46.3 Å². The summed E-state index contributed by atoms with van der Waals surface area (Å²) in [5, 5.41) is 0.739. The first-order valence-corrected chi connectivity index (χ1v) is 10.1. The quantitative estimate of drug-likeness (QED) is 0.544. The van der Waals surface area contributed by atoms with Crippen LogP contribution in [-0.2, 0) is 19.1 Å². The molecule has 0 aliphatic carbocycles. The molecule has 0 spiro atoms. The number of hydrogen-bond acceptors (Lipinski definition) is 5. The SMILES string of the molecule is COCCN(CCOC)C1=C(c2ccc(Cl)cc2Cl)C(=O)N(c2ccccc2)C1=O. The Morgan fingerprint density at radius 2 is 1.53 bits per heavy atom. The van der Waals surface area contributed by atoms with Crippen LogP contribution in [0.5, 0.6) is 0 Å². The summed E-state index contributed by atoms with van der Waals surface area (Å²) in [4.78, 5) is 30.0. The van der Waals surface area contributed by atoms with Crippen molar-refractivity contribution in [1.29, 1.82) is 0 Å². The number of rotatable bonds is 9. The fourth-order valence-corrected chi connectivity index (χ4v) is 3.80.